The van der Waals surface area contributed by atoms with Crippen LogP contribution in [0, 0.1) is 18.3 Å². The number of ketones is 1. The number of carbonyl (C=O) groups excluding carboxylic acids is 2. The van der Waals surface area contributed by atoms with Crippen LogP contribution in [0.1, 0.15) is 39.2 Å². The molecular formula is C22H19N3O4S3. The Labute approximate surface area is 198 Å². The second-order valence-electron chi connectivity index (χ2n) is 6.89. The highest BCUT2D eigenvalue weighted by molar-refractivity contribution is 8.26. The molecular weight excluding hydrogens is 466 g/mol. The lowest BCUT2D eigenvalue weighted by atomic mass is 9.99. The fourth-order valence-electron chi connectivity index (χ4n) is 3.30. The molecule has 10 heteroatoms. The molecule has 2 aromatic rings. The van der Waals surface area contributed by atoms with Gasteiger partial charge in [-0.1, -0.05) is 36.1 Å². The van der Waals surface area contributed by atoms with E-state index in [0.29, 0.717) is 15.6 Å². The maximum absolute atomic E-state index is 12.9. The number of aromatic hydroxyl groups is 1. The van der Waals surface area contributed by atoms with Crippen molar-refractivity contribution in [1.29, 1.82) is 5.26 Å². The zero-order valence-corrected chi connectivity index (χ0v) is 19.6. The van der Waals surface area contributed by atoms with Crippen LogP contribution in [0.3, 0.4) is 0 Å². The van der Waals surface area contributed by atoms with Crippen LogP contribution in [0.4, 0.5) is 0 Å². The number of Topliss-reactive ketones (excluding diaryl/α,β-unsaturated/α-hetero) is 1. The van der Waals surface area contributed by atoms with Crippen molar-refractivity contribution < 1.29 is 14.7 Å². The molecule has 0 radical (unpaired) electrons. The molecule has 7 nitrogen and oxygen atoms in total. The summed E-state index contributed by atoms with van der Waals surface area (Å²) in [5.74, 6) is -1.11. The Balaban J connectivity index is 1.74. The number of nitriles is 1. The lowest BCUT2D eigenvalue weighted by Gasteiger charge is -2.16. The van der Waals surface area contributed by atoms with Gasteiger partial charge in [-0.3, -0.25) is 23.9 Å². The molecule has 32 heavy (non-hydrogen) atoms. The number of aromatic nitrogens is 1. The Kier molecular flexibility index (Phi) is 7.45. The number of rotatable bonds is 8. The largest absolute Gasteiger partial charge is 0.494 e. The Bertz CT molecular complexity index is 1240. The topological polar surface area (TPSA) is 103 Å². The van der Waals surface area contributed by atoms with Gasteiger partial charge in [0.05, 0.1) is 10.5 Å². The molecule has 1 N–H and O–H groups in total. The third kappa shape index (κ3) is 4.60. The number of allylic oxidation sites excluding steroid dienone is 1. The number of amides is 1. The number of hydrogen-bond donors (Lipinski definition) is 1. The van der Waals surface area contributed by atoms with E-state index >= 15 is 0 Å². The lowest BCUT2D eigenvalue weighted by Crippen LogP contribution is -2.29. The molecule has 0 unspecified atom stereocenters. The molecule has 1 fully saturated rings. The van der Waals surface area contributed by atoms with Gasteiger partial charge in [0.15, 0.2) is 5.78 Å². The molecule has 0 spiro atoms. The van der Waals surface area contributed by atoms with Gasteiger partial charge in [0.1, 0.15) is 16.0 Å². The number of nitrogens with zero attached hydrogens (tertiary/aromatic N) is 3. The van der Waals surface area contributed by atoms with Crippen molar-refractivity contribution in [2.45, 2.75) is 26.3 Å². The number of carbonyl (C=O) groups is 2. The van der Waals surface area contributed by atoms with Crippen LogP contribution >= 0.6 is 35.3 Å². The summed E-state index contributed by atoms with van der Waals surface area (Å²) < 4.78 is 1.37. The van der Waals surface area contributed by atoms with Crippen molar-refractivity contribution in [3.63, 3.8) is 0 Å². The predicted octanol–water partition coefficient (Wildman–Crippen LogP) is 3.85. The van der Waals surface area contributed by atoms with Crippen molar-refractivity contribution in [2.75, 3.05) is 6.54 Å². The van der Waals surface area contributed by atoms with Crippen LogP contribution in [0.2, 0.25) is 0 Å². The number of hydrogen-bond acceptors (Lipinski definition) is 8. The van der Waals surface area contributed by atoms with E-state index in [1.54, 1.807) is 6.08 Å². The molecule has 3 rings (SSSR count). The Morgan fingerprint density at radius 1 is 1.41 bits per heavy atom. The molecule has 0 aromatic carbocycles. The summed E-state index contributed by atoms with van der Waals surface area (Å²) in [5, 5.41) is 21.8. The molecule has 0 aliphatic carbocycles. The number of thioether (sulfide) groups is 1. The molecule has 1 amide bonds. The van der Waals surface area contributed by atoms with Crippen LogP contribution in [0.5, 0.6) is 5.88 Å². The van der Waals surface area contributed by atoms with Gasteiger partial charge < -0.3 is 5.11 Å². The second kappa shape index (κ2) is 10.1. The van der Waals surface area contributed by atoms with Crippen LogP contribution in [0.25, 0.3) is 6.08 Å². The van der Waals surface area contributed by atoms with Gasteiger partial charge in [0.25, 0.3) is 11.5 Å². The average molecular weight is 486 g/mol. The quantitative estimate of drug-likeness (QED) is 0.262. The SMILES string of the molecule is C=CCn1c(O)c(C(=O)CCCN2C(=O)/C(=C/c3cccs3)SC2=S)c(C)c(C#N)c1=O. The Hall–Kier alpha value is -3.00. The average Bonchev–Trinajstić information content (AvgIpc) is 3.35. The van der Waals surface area contributed by atoms with E-state index < -0.39 is 17.2 Å². The van der Waals surface area contributed by atoms with Crippen molar-refractivity contribution in [2.24, 2.45) is 0 Å². The molecule has 0 atom stereocenters. The van der Waals surface area contributed by atoms with Gasteiger partial charge in [-0.05, 0) is 36.4 Å². The second-order valence-corrected chi connectivity index (χ2v) is 9.55. The van der Waals surface area contributed by atoms with Gasteiger partial charge in [-0.15, -0.1) is 17.9 Å². The molecule has 164 valence electrons. The summed E-state index contributed by atoms with van der Waals surface area (Å²) in [7, 11) is 0. The highest BCUT2D eigenvalue weighted by Crippen LogP contribution is 2.33. The van der Waals surface area contributed by atoms with Crippen molar-refractivity contribution in [3.8, 4) is 11.9 Å². The summed E-state index contributed by atoms with van der Waals surface area (Å²) >= 11 is 8.06. The molecule has 3 heterocycles. The zero-order valence-electron chi connectivity index (χ0n) is 17.2. The molecule has 1 aliphatic heterocycles. The van der Waals surface area contributed by atoms with Crippen molar-refractivity contribution in [1.82, 2.24) is 9.47 Å². The maximum Gasteiger partial charge on any atom is 0.271 e. The number of thiocarbonyl (C=S) groups is 1. The first-order valence-electron chi connectivity index (χ1n) is 9.59. The third-order valence-corrected chi connectivity index (χ3v) is 7.06. The smallest absolute Gasteiger partial charge is 0.271 e. The van der Waals surface area contributed by atoms with E-state index in [1.807, 2.05) is 23.6 Å². The monoisotopic (exact) mass is 485 g/mol. The minimum atomic E-state index is -0.672. The van der Waals surface area contributed by atoms with Crippen LogP contribution < -0.4 is 5.56 Å². The summed E-state index contributed by atoms with van der Waals surface area (Å²) in [4.78, 5) is 40.9. The van der Waals surface area contributed by atoms with Gasteiger partial charge in [0.2, 0.25) is 5.88 Å². The lowest BCUT2D eigenvalue weighted by molar-refractivity contribution is -0.122. The maximum atomic E-state index is 12.9. The summed E-state index contributed by atoms with van der Waals surface area (Å²) in [6.07, 6.45) is 3.50. The van der Waals surface area contributed by atoms with E-state index in [-0.39, 0.29) is 42.1 Å². The number of thiophene rings is 1. The van der Waals surface area contributed by atoms with Gasteiger partial charge in [-0.2, -0.15) is 5.26 Å². The first-order chi connectivity index (χ1) is 15.3. The standard InChI is InChI=1S/C22H19N3O4S3/c1-3-8-24-19(27)15(12-23)13(2)18(21(24)29)16(26)7-4-9-25-20(28)17(32-22(25)30)11-14-6-5-10-31-14/h3,5-6,10-11,29H,1,4,7-9H2,2H3/b17-11-. The predicted molar refractivity (Wildman–Crippen MR) is 130 cm³/mol. The van der Waals surface area contributed by atoms with Gasteiger partial charge in [0, 0.05) is 24.4 Å². The van der Waals surface area contributed by atoms with E-state index in [4.69, 9.17) is 12.2 Å². The van der Waals surface area contributed by atoms with Gasteiger partial charge >= 0.3 is 0 Å². The fourth-order valence-corrected chi connectivity index (χ4v) is 5.33. The molecule has 1 aliphatic rings. The minimum Gasteiger partial charge on any atom is -0.494 e. The van der Waals surface area contributed by atoms with Gasteiger partial charge in [-0.25, -0.2) is 0 Å². The highest BCUT2D eigenvalue weighted by Gasteiger charge is 2.32. The third-order valence-electron chi connectivity index (χ3n) is 4.87. The molecule has 0 saturated carbocycles. The van der Waals surface area contributed by atoms with Crippen LogP contribution in [-0.2, 0) is 11.3 Å². The molecule has 0 bridgehead atoms. The first-order valence-corrected chi connectivity index (χ1v) is 11.7. The van der Waals surface area contributed by atoms with Crippen molar-refractivity contribution >= 4 is 57.4 Å². The molecule has 2 aromatic heterocycles. The highest BCUT2D eigenvalue weighted by atomic mass is 32.2. The Morgan fingerprint density at radius 3 is 2.78 bits per heavy atom. The van der Waals surface area contributed by atoms with Crippen molar-refractivity contribution in [3.05, 3.63) is 67.0 Å². The van der Waals surface area contributed by atoms with E-state index in [0.717, 1.165) is 9.44 Å². The first kappa shape index (κ1) is 23.7. The van der Waals surface area contributed by atoms with E-state index in [2.05, 4.69) is 6.58 Å². The van der Waals surface area contributed by atoms with E-state index in [9.17, 15) is 24.8 Å². The minimum absolute atomic E-state index is 0.00654. The summed E-state index contributed by atoms with van der Waals surface area (Å²) in [6.45, 7) is 5.21. The fraction of sp³-hybridized carbons (Fsp3) is 0.227. The zero-order chi connectivity index (χ0) is 23.4. The number of pyridine rings is 1. The van der Waals surface area contributed by atoms with Crippen LogP contribution in [0.15, 0.2) is 39.9 Å². The molecule has 1 saturated heterocycles. The summed E-state index contributed by atoms with van der Waals surface area (Å²) in [5.41, 5.74) is -0.784. The normalized spacial score (nSPS) is 14.8. The van der Waals surface area contributed by atoms with E-state index in [1.165, 1.54) is 41.0 Å². The Morgan fingerprint density at radius 2 is 2.16 bits per heavy atom. The summed E-state index contributed by atoms with van der Waals surface area (Å²) in [6, 6.07) is 5.62. The van der Waals surface area contributed by atoms with Crippen LogP contribution in [-0.4, -0.2) is 37.1 Å².